The van der Waals surface area contributed by atoms with Crippen molar-refractivity contribution < 1.29 is 4.79 Å². The zero-order chi connectivity index (χ0) is 11.5. The molecule has 1 aromatic carbocycles. The van der Waals surface area contributed by atoms with Gasteiger partial charge in [0.1, 0.15) is 0 Å². The van der Waals surface area contributed by atoms with Crippen molar-refractivity contribution in [3.05, 3.63) is 29.8 Å². The van der Waals surface area contributed by atoms with Gasteiger partial charge in [-0.15, -0.1) is 12.6 Å². The Morgan fingerprint density at radius 2 is 2.38 bits per heavy atom. The van der Waals surface area contributed by atoms with Gasteiger partial charge < -0.3 is 4.90 Å². The molecule has 86 valence electrons. The lowest BCUT2D eigenvalue weighted by molar-refractivity contribution is 0.0763. The van der Waals surface area contributed by atoms with E-state index in [4.69, 9.17) is 0 Å². The van der Waals surface area contributed by atoms with Crippen LogP contribution in [0.3, 0.4) is 0 Å². The third kappa shape index (κ3) is 2.74. The molecule has 1 aromatic rings. The van der Waals surface area contributed by atoms with Crippen LogP contribution in [0.4, 0.5) is 0 Å². The summed E-state index contributed by atoms with van der Waals surface area (Å²) < 4.78 is 0. The summed E-state index contributed by atoms with van der Waals surface area (Å²) in [6.45, 7) is 3.87. The van der Waals surface area contributed by atoms with Crippen LogP contribution in [0.15, 0.2) is 29.2 Å². The van der Waals surface area contributed by atoms with Crippen LogP contribution in [0.2, 0.25) is 0 Å². The van der Waals surface area contributed by atoms with E-state index in [1.54, 1.807) is 0 Å². The highest BCUT2D eigenvalue weighted by molar-refractivity contribution is 7.99. The molecule has 4 heteroatoms. The molecule has 1 atom stereocenters. The van der Waals surface area contributed by atoms with E-state index in [0.717, 1.165) is 29.3 Å². The molecule has 16 heavy (non-hydrogen) atoms. The molecule has 1 aliphatic rings. The number of hydrogen-bond acceptors (Lipinski definition) is 3. The van der Waals surface area contributed by atoms with Gasteiger partial charge in [-0.25, -0.2) is 0 Å². The van der Waals surface area contributed by atoms with E-state index in [1.807, 2.05) is 40.9 Å². The molecule has 0 saturated carbocycles. The zero-order valence-corrected chi connectivity index (χ0v) is 10.9. The Hall–Kier alpha value is -0.610. The molecule has 2 nitrogen and oxygen atoms in total. The molecule has 2 rings (SSSR count). The van der Waals surface area contributed by atoms with Gasteiger partial charge in [0.25, 0.3) is 5.91 Å². The van der Waals surface area contributed by atoms with Crippen LogP contribution in [-0.4, -0.2) is 34.9 Å². The van der Waals surface area contributed by atoms with E-state index in [2.05, 4.69) is 19.6 Å². The van der Waals surface area contributed by atoms with Gasteiger partial charge in [-0.1, -0.05) is 13.0 Å². The SMILES string of the molecule is CC1CN(C(=O)c2cccc(S)c2)CCS1. The normalized spacial score (nSPS) is 20.9. The van der Waals surface area contributed by atoms with Crippen LogP contribution in [0.1, 0.15) is 17.3 Å². The van der Waals surface area contributed by atoms with E-state index < -0.39 is 0 Å². The lowest BCUT2D eigenvalue weighted by Crippen LogP contribution is -2.41. The minimum absolute atomic E-state index is 0.128. The van der Waals surface area contributed by atoms with Crippen molar-refractivity contribution >= 4 is 30.3 Å². The second-order valence-corrected chi connectivity index (χ2v) is 6.05. The lowest BCUT2D eigenvalue weighted by Gasteiger charge is -2.30. The van der Waals surface area contributed by atoms with Gasteiger partial charge in [-0.05, 0) is 18.2 Å². The summed E-state index contributed by atoms with van der Waals surface area (Å²) in [5, 5.41) is 0.539. The van der Waals surface area contributed by atoms with Crippen molar-refractivity contribution in [2.75, 3.05) is 18.8 Å². The average Bonchev–Trinajstić information content (AvgIpc) is 2.28. The second kappa shape index (κ2) is 5.15. The maximum absolute atomic E-state index is 12.2. The third-order valence-electron chi connectivity index (χ3n) is 2.62. The van der Waals surface area contributed by atoms with E-state index in [0.29, 0.717) is 5.25 Å². The van der Waals surface area contributed by atoms with Gasteiger partial charge >= 0.3 is 0 Å². The number of benzene rings is 1. The number of hydrogen-bond donors (Lipinski definition) is 1. The molecule has 1 amide bonds. The summed E-state index contributed by atoms with van der Waals surface area (Å²) in [7, 11) is 0. The first kappa shape index (κ1) is 11.9. The molecule has 0 N–H and O–H groups in total. The maximum Gasteiger partial charge on any atom is 0.253 e. The Morgan fingerprint density at radius 3 is 3.06 bits per heavy atom. The van der Waals surface area contributed by atoms with Crippen LogP contribution >= 0.6 is 24.4 Å². The Balaban J connectivity index is 2.12. The minimum atomic E-state index is 0.128. The van der Waals surface area contributed by atoms with E-state index >= 15 is 0 Å². The summed E-state index contributed by atoms with van der Waals surface area (Å²) in [6, 6.07) is 7.44. The molecule has 0 spiro atoms. The number of thioether (sulfide) groups is 1. The van der Waals surface area contributed by atoms with Gasteiger partial charge in [0.2, 0.25) is 0 Å². The summed E-state index contributed by atoms with van der Waals surface area (Å²) in [6.07, 6.45) is 0. The molecule has 1 aliphatic heterocycles. The quantitative estimate of drug-likeness (QED) is 0.776. The number of nitrogens with zero attached hydrogens (tertiary/aromatic N) is 1. The highest BCUT2D eigenvalue weighted by Crippen LogP contribution is 2.20. The zero-order valence-electron chi connectivity index (χ0n) is 9.22. The van der Waals surface area contributed by atoms with Gasteiger partial charge in [0.15, 0.2) is 0 Å². The smallest absolute Gasteiger partial charge is 0.253 e. The fourth-order valence-corrected chi connectivity index (χ4v) is 3.06. The molecular formula is C12H15NOS2. The molecule has 0 aromatic heterocycles. The highest BCUT2D eigenvalue weighted by Gasteiger charge is 2.22. The minimum Gasteiger partial charge on any atom is -0.337 e. The topological polar surface area (TPSA) is 20.3 Å². The first-order valence-electron chi connectivity index (χ1n) is 5.37. The largest absolute Gasteiger partial charge is 0.337 e. The monoisotopic (exact) mass is 253 g/mol. The van der Waals surface area contributed by atoms with Crippen LogP contribution in [0.5, 0.6) is 0 Å². The lowest BCUT2D eigenvalue weighted by atomic mass is 10.2. The first-order chi connectivity index (χ1) is 7.66. The van der Waals surface area contributed by atoms with Gasteiger partial charge in [0.05, 0.1) is 0 Å². The average molecular weight is 253 g/mol. The van der Waals surface area contributed by atoms with E-state index in [-0.39, 0.29) is 5.91 Å². The van der Waals surface area contributed by atoms with E-state index in [1.165, 1.54) is 0 Å². The first-order valence-corrected chi connectivity index (χ1v) is 6.86. The van der Waals surface area contributed by atoms with Crippen molar-refractivity contribution in [3.63, 3.8) is 0 Å². The fraction of sp³-hybridized carbons (Fsp3) is 0.417. The molecule has 1 heterocycles. The molecule has 1 fully saturated rings. The molecule has 1 unspecified atom stereocenters. The van der Waals surface area contributed by atoms with Crippen LogP contribution < -0.4 is 0 Å². The highest BCUT2D eigenvalue weighted by atomic mass is 32.2. The maximum atomic E-state index is 12.2. The van der Waals surface area contributed by atoms with Crippen molar-refractivity contribution in [3.8, 4) is 0 Å². The summed E-state index contributed by atoms with van der Waals surface area (Å²) in [4.78, 5) is 15.0. The molecule has 0 radical (unpaired) electrons. The fourth-order valence-electron chi connectivity index (χ4n) is 1.82. The standard InChI is InChI=1S/C12H15NOS2/c1-9-8-13(5-6-16-9)12(14)10-3-2-4-11(15)7-10/h2-4,7,9,15H,5-6,8H2,1H3. The van der Waals surface area contributed by atoms with E-state index in [9.17, 15) is 4.79 Å². The Bertz CT molecular complexity index is 394. The van der Waals surface area contributed by atoms with Crippen LogP contribution in [0, 0.1) is 0 Å². The van der Waals surface area contributed by atoms with Gasteiger partial charge in [-0.2, -0.15) is 11.8 Å². The predicted molar refractivity (Wildman–Crippen MR) is 71.5 cm³/mol. The second-order valence-electron chi connectivity index (χ2n) is 3.98. The Labute approximate surface area is 106 Å². The van der Waals surface area contributed by atoms with Crippen molar-refractivity contribution in [2.45, 2.75) is 17.1 Å². The predicted octanol–water partition coefficient (Wildman–Crippen LogP) is 2.55. The number of rotatable bonds is 1. The van der Waals surface area contributed by atoms with Crippen molar-refractivity contribution in [2.24, 2.45) is 0 Å². The Morgan fingerprint density at radius 1 is 1.56 bits per heavy atom. The number of carbonyl (C=O) groups is 1. The summed E-state index contributed by atoms with van der Waals surface area (Å²) in [5.74, 6) is 1.16. The van der Waals surface area contributed by atoms with Gasteiger partial charge in [-0.3, -0.25) is 4.79 Å². The number of amides is 1. The number of thiol groups is 1. The molecule has 0 bridgehead atoms. The molecular weight excluding hydrogens is 238 g/mol. The van der Waals surface area contributed by atoms with Gasteiger partial charge in [0, 0.05) is 34.6 Å². The molecule has 1 saturated heterocycles. The third-order valence-corrected chi connectivity index (χ3v) is 4.04. The van der Waals surface area contributed by atoms with Crippen LogP contribution in [-0.2, 0) is 0 Å². The Kier molecular flexibility index (Phi) is 3.82. The number of carbonyl (C=O) groups excluding carboxylic acids is 1. The summed E-state index contributed by atoms with van der Waals surface area (Å²) in [5.41, 5.74) is 0.742. The van der Waals surface area contributed by atoms with Crippen molar-refractivity contribution in [1.82, 2.24) is 4.90 Å². The molecule has 0 aliphatic carbocycles. The van der Waals surface area contributed by atoms with Crippen molar-refractivity contribution in [1.29, 1.82) is 0 Å². The van der Waals surface area contributed by atoms with Crippen LogP contribution in [0.25, 0.3) is 0 Å². The summed E-state index contributed by atoms with van der Waals surface area (Å²) >= 11 is 6.18.